The summed E-state index contributed by atoms with van der Waals surface area (Å²) in [6.45, 7) is 6.40. The molecular formula is C11H17ClNP. The van der Waals surface area contributed by atoms with Crippen LogP contribution in [0.25, 0.3) is 0 Å². The number of hydrogen-bond acceptors (Lipinski definition) is 1. The Hall–Kier alpha value is -0.100. The van der Waals surface area contributed by atoms with Gasteiger partial charge in [0.05, 0.1) is 7.43 Å². The highest BCUT2D eigenvalue weighted by atomic mass is 35.7. The van der Waals surface area contributed by atoms with Crippen LogP contribution in [-0.4, -0.2) is 17.8 Å². The lowest BCUT2D eigenvalue weighted by molar-refractivity contribution is 0.512. The highest BCUT2D eigenvalue weighted by Crippen LogP contribution is 2.48. The van der Waals surface area contributed by atoms with Crippen molar-refractivity contribution in [2.75, 3.05) is 13.1 Å². The number of rotatable bonds is 5. The predicted octanol–water partition coefficient (Wildman–Crippen LogP) is 4.08. The second-order valence-electron chi connectivity index (χ2n) is 3.12. The highest BCUT2D eigenvalue weighted by molar-refractivity contribution is 7.81. The van der Waals surface area contributed by atoms with Crippen molar-refractivity contribution in [3.05, 3.63) is 35.9 Å². The Bertz CT molecular complexity index is 249. The summed E-state index contributed by atoms with van der Waals surface area (Å²) in [5, 5.41) is 0. The predicted molar refractivity (Wildman–Crippen MR) is 65.8 cm³/mol. The lowest BCUT2D eigenvalue weighted by Crippen LogP contribution is -2.15. The van der Waals surface area contributed by atoms with Crippen LogP contribution in [0.4, 0.5) is 0 Å². The number of halogens is 1. The van der Waals surface area contributed by atoms with Gasteiger partial charge in [0, 0.05) is 19.3 Å². The summed E-state index contributed by atoms with van der Waals surface area (Å²) in [7, 11) is -0.515. The van der Waals surface area contributed by atoms with Gasteiger partial charge in [0.15, 0.2) is 0 Å². The van der Waals surface area contributed by atoms with E-state index in [1.54, 1.807) is 0 Å². The number of nitrogens with zero attached hydrogens (tertiary/aromatic N) is 1. The Morgan fingerprint density at radius 3 is 2.21 bits per heavy atom. The summed E-state index contributed by atoms with van der Waals surface area (Å²) >= 11 is 6.37. The summed E-state index contributed by atoms with van der Waals surface area (Å²) in [6, 6.07) is 10.5. The lowest BCUT2D eigenvalue weighted by atomic mass is 10.2. The Morgan fingerprint density at radius 2 is 1.71 bits per heavy atom. The molecular weight excluding hydrogens is 213 g/mol. The standard InChI is InChI=1S/C11H17ClNP/c1-3-13(4-2)14(12)10-11-8-6-5-7-9-11/h5-9H,3-4,10H2,1-2H3. The van der Waals surface area contributed by atoms with Crippen molar-refractivity contribution in [2.45, 2.75) is 20.0 Å². The van der Waals surface area contributed by atoms with Gasteiger partial charge in [-0.3, -0.25) is 4.67 Å². The van der Waals surface area contributed by atoms with Crippen LogP contribution >= 0.6 is 18.7 Å². The first-order chi connectivity index (χ1) is 6.77. The van der Waals surface area contributed by atoms with E-state index in [-0.39, 0.29) is 0 Å². The Kier molecular flexibility index (Phi) is 5.47. The van der Waals surface area contributed by atoms with E-state index in [2.05, 4.69) is 42.8 Å². The molecule has 0 radical (unpaired) electrons. The van der Waals surface area contributed by atoms with Crippen LogP contribution in [0.5, 0.6) is 0 Å². The maximum Gasteiger partial charge on any atom is 0.0670 e. The molecule has 0 spiro atoms. The van der Waals surface area contributed by atoms with Crippen molar-refractivity contribution in [3.8, 4) is 0 Å². The van der Waals surface area contributed by atoms with Crippen LogP contribution in [0.1, 0.15) is 19.4 Å². The van der Waals surface area contributed by atoms with Gasteiger partial charge in [0.25, 0.3) is 0 Å². The summed E-state index contributed by atoms with van der Waals surface area (Å²) in [5.74, 6) is 0. The molecule has 1 nitrogen and oxygen atoms in total. The summed E-state index contributed by atoms with van der Waals surface area (Å²) < 4.78 is 2.32. The molecule has 0 saturated heterocycles. The highest BCUT2D eigenvalue weighted by Gasteiger charge is 2.12. The van der Waals surface area contributed by atoms with E-state index in [9.17, 15) is 0 Å². The van der Waals surface area contributed by atoms with Crippen molar-refractivity contribution in [1.82, 2.24) is 4.67 Å². The smallest absolute Gasteiger partial charge is 0.0670 e. The van der Waals surface area contributed by atoms with Crippen LogP contribution in [0.15, 0.2) is 30.3 Å². The Morgan fingerprint density at radius 1 is 1.14 bits per heavy atom. The third kappa shape index (κ3) is 3.57. The van der Waals surface area contributed by atoms with E-state index in [4.69, 9.17) is 11.2 Å². The van der Waals surface area contributed by atoms with E-state index >= 15 is 0 Å². The van der Waals surface area contributed by atoms with Gasteiger partial charge in [-0.15, -0.1) is 0 Å². The van der Waals surface area contributed by atoms with Gasteiger partial charge in [0.1, 0.15) is 0 Å². The lowest BCUT2D eigenvalue weighted by Gasteiger charge is -2.23. The summed E-state index contributed by atoms with van der Waals surface area (Å²) in [6.07, 6.45) is 0.986. The van der Waals surface area contributed by atoms with Crippen molar-refractivity contribution in [3.63, 3.8) is 0 Å². The van der Waals surface area contributed by atoms with Gasteiger partial charge < -0.3 is 0 Å². The molecule has 1 rings (SSSR count). The van der Waals surface area contributed by atoms with Gasteiger partial charge in [-0.25, -0.2) is 0 Å². The van der Waals surface area contributed by atoms with Gasteiger partial charge in [-0.2, -0.15) is 0 Å². The van der Waals surface area contributed by atoms with Gasteiger partial charge in [-0.05, 0) is 5.56 Å². The molecule has 0 N–H and O–H groups in total. The van der Waals surface area contributed by atoms with Crippen LogP contribution < -0.4 is 0 Å². The second-order valence-corrected chi connectivity index (χ2v) is 5.84. The third-order valence-electron chi connectivity index (χ3n) is 2.19. The zero-order valence-corrected chi connectivity index (χ0v) is 10.4. The third-order valence-corrected chi connectivity index (χ3v) is 5.00. The molecule has 1 atom stereocenters. The summed E-state index contributed by atoms with van der Waals surface area (Å²) in [5.41, 5.74) is 1.33. The normalized spacial score (nSPS) is 13.1. The zero-order chi connectivity index (χ0) is 10.4. The maximum absolute atomic E-state index is 6.37. The average Bonchev–Trinajstić information content (AvgIpc) is 2.21. The molecule has 1 unspecified atom stereocenters. The quantitative estimate of drug-likeness (QED) is 0.688. The van der Waals surface area contributed by atoms with Crippen molar-refractivity contribution in [1.29, 1.82) is 0 Å². The molecule has 1 aromatic rings. The van der Waals surface area contributed by atoms with E-state index in [1.807, 2.05) is 6.07 Å². The molecule has 14 heavy (non-hydrogen) atoms. The second kappa shape index (κ2) is 6.40. The van der Waals surface area contributed by atoms with E-state index in [0.29, 0.717) is 0 Å². The van der Waals surface area contributed by atoms with Crippen LogP contribution in [-0.2, 0) is 6.16 Å². The molecule has 0 heterocycles. The van der Waals surface area contributed by atoms with Gasteiger partial charge >= 0.3 is 0 Å². The first-order valence-electron chi connectivity index (χ1n) is 5.00. The van der Waals surface area contributed by atoms with Crippen molar-refractivity contribution in [2.24, 2.45) is 0 Å². The first-order valence-corrected chi connectivity index (χ1v) is 7.38. The fourth-order valence-electron chi connectivity index (χ4n) is 1.36. The summed E-state index contributed by atoms with van der Waals surface area (Å²) in [4.78, 5) is 0. The van der Waals surface area contributed by atoms with E-state index in [0.717, 1.165) is 19.3 Å². The monoisotopic (exact) mass is 229 g/mol. The Balaban J connectivity index is 2.52. The fraction of sp³-hybridized carbons (Fsp3) is 0.455. The van der Waals surface area contributed by atoms with Crippen LogP contribution in [0.2, 0.25) is 0 Å². The largest absolute Gasteiger partial charge is 0.270 e. The molecule has 0 saturated carbocycles. The topological polar surface area (TPSA) is 3.24 Å². The van der Waals surface area contributed by atoms with Crippen LogP contribution in [0.3, 0.4) is 0 Å². The molecule has 1 aromatic carbocycles. The Labute approximate surface area is 92.7 Å². The van der Waals surface area contributed by atoms with Gasteiger partial charge in [0.2, 0.25) is 0 Å². The van der Waals surface area contributed by atoms with Crippen molar-refractivity contribution < 1.29 is 0 Å². The minimum atomic E-state index is -0.515. The number of hydrogen-bond donors (Lipinski definition) is 0. The molecule has 0 aliphatic rings. The minimum Gasteiger partial charge on any atom is -0.270 e. The van der Waals surface area contributed by atoms with Crippen LogP contribution in [0, 0.1) is 0 Å². The molecule has 0 fully saturated rings. The molecule has 0 aliphatic heterocycles. The average molecular weight is 230 g/mol. The zero-order valence-electron chi connectivity index (χ0n) is 8.78. The molecule has 0 aliphatic carbocycles. The SMILES string of the molecule is CCN(CC)P(Cl)Cc1ccccc1. The molecule has 0 amide bonds. The first kappa shape index (κ1) is 12.0. The fourth-order valence-corrected chi connectivity index (χ4v) is 3.75. The van der Waals surface area contributed by atoms with Crippen molar-refractivity contribution >= 4 is 18.7 Å². The molecule has 78 valence electrons. The van der Waals surface area contributed by atoms with Gasteiger partial charge in [-0.1, -0.05) is 55.4 Å². The van der Waals surface area contributed by atoms with E-state index in [1.165, 1.54) is 5.56 Å². The maximum atomic E-state index is 6.37. The molecule has 0 bridgehead atoms. The minimum absolute atomic E-state index is 0.515. The molecule has 0 aromatic heterocycles. The van der Waals surface area contributed by atoms with E-state index < -0.39 is 7.43 Å². The molecule has 3 heteroatoms. The number of benzene rings is 1.